The van der Waals surface area contributed by atoms with Gasteiger partial charge >= 0.3 is 0 Å². The van der Waals surface area contributed by atoms with E-state index in [1.165, 1.54) is 0 Å². The van der Waals surface area contributed by atoms with Gasteiger partial charge in [0.1, 0.15) is 5.65 Å². The summed E-state index contributed by atoms with van der Waals surface area (Å²) in [5.41, 5.74) is 3.50. The van der Waals surface area contributed by atoms with Crippen LogP contribution in [0.4, 0.5) is 0 Å². The maximum atomic E-state index is 12.6. The summed E-state index contributed by atoms with van der Waals surface area (Å²) in [6.45, 7) is 8.62. The molecule has 3 heterocycles. The fourth-order valence-corrected chi connectivity index (χ4v) is 3.97. The Kier molecular flexibility index (Phi) is 5.44. The van der Waals surface area contributed by atoms with Crippen molar-refractivity contribution in [2.24, 2.45) is 11.8 Å². The maximum Gasteiger partial charge on any atom is 0.252 e. The number of hydrogen-bond donors (Lipinski definition) is 1. The third-order valence-electron chi connectivity index (χ3n) is 5.33. The number of nitrogens with one attached hydrogen (secondary N) is 1. The van der Waals surface area contributed by atoms with E-state index in [9.17, 15) is 4.79 Å². The number of benzene rings is 1. The quantitative estimate of drug-likeness (QED) is 0.713. The first-order valence-corrected chi connectivity index (χ1v) is 10.1. The van der Waals surface area contributed by atoms with Crippen molar-refractivity contribution >= 4 is 11.6 Å². The molecule has 1 atom stereocenters. The molecule has 0 radical (unpaired) electrons. The Hall–Kier alpha value is -2.66. The van der Waals surface area contributed by atoms with Crippen molar-refractivity contribution < 1.29 is 4.79 Å². The van der Waals surface area contributed by atoms with Gasteiger partial charge in [-0.1, -0.05) is 44.2 Å². The van der Waals surface area contributed by atoms with Crippen molar-refractivity contribution in [1.82, 2.24) is 19.6 Å². The summed E-state index contributed by atoms with van der Waals surface area (Å²) in [6, 6.07) is 13.8. The van der Waals surface area contributed by atoms with Crippen molar-refractivity contribution in [3.05, 3.63) is 60.4 Å². The summed E-state index contributed by atoms with van der Waals surface area (Å²) in [7, 11) is 0. The zero-order valence-corrected chi connectivity index (χ0v) is 16.6. The van der Waals surface area contributed by atoms with E-state index in [0.29, 0.717) is 17.4 Å². The Morgan fingerprint density at radius 1 is 1.18 bits per heavy atom. The number of rotatable bonds is 6. The third kappa shape index (κ3) is 4.25. The number of imidazole rings is 1. The number of amides is 1. The lowest BCUT2D eigenvalue weighted by Crippen LogP contribution is -2.32. The summed E-state index contributed by atoms with van der Waals surface area (Å²) in [5, 5.41) is 3.12. The number of likely N-dealkylation sites (tertiary alicyclic amines) is 1. The normalized spacial score (nSPS) is 17.5. The zero-order chi connectivity index (χ0) is 19.5. The summed E-state index contributed by atoms with van der Waals surface area (Å²) < 4.78 is 1.93. The first-order chi connectivity index (χ1) is 13.6. The fourth-order valence-electron chi connectivity index (χ4n) is 3.97. The molecule has 1 aromatic carbocycles. The smallest absolute Gasteiger partial charge is 0.252 e. The lowest BCUT2D eigenvalue weighted by molar-refractivity contribution is 0.0946. The monoisotopic (exact) mass is 376 g/mol. The molecule has 4 rings (SSSR count). The lowest BCUT2D eigenvalue weighted by Gasteiger charge is -2.18. The van der Waals surface area contributed by atoms with E-state index < -0.39 is 0 Å². The summed E-state index contributed by atoms with van der Waals surface area (Å²) in [4.78, 5) is 19.8. The van der Waals surface area contributed by atoms with Crippen molar-refractivity contribution in [2.45, 2.75) is 20.3 Å². The van der Waals surface area contributed by atoms with Crippen LogP contribution >= 0.6 is 0 Å². The molecule has 0 aliphatic carbocycles. The number of carbonyl (C=O) groups excluding carboxylic acids is 1. The molecule has 5 heteroatoms. The molecule has 0 spiro atoms. The van der Waals surface area contributed by atoms with Gasteiger partial charge in [-0.15, -0.1) is 0 Å². The van der Waals surface area contributed by atoms with Crippen molar-refractivity contribution in [2.75, 3.05) is 26.2 Å². The highest BCUT2D eigenvalue weighted by Crippen LogP contribution is 2.20. The lowest BCUT2D eigenvalue weighted by atomic mass is 10.1. The molecule has 0 bridgehead atoms. The maximum absolute atomic E-state index is 12.6. The highest BCUT2D eigenvalue weighted by Gasteiger charge is 2.23. The van der Waals surface area contributed by atoms with Gasteiger partial charge in [0.2, 0.25) is 0 Å². The highest BCUT2D eigenvalue weighted by atomic mass is 16.1. The number of carbonyl (C=O) groups is 1. The van der Waals surface area contributed by atoms with Gasteiger partial charge in [-0.3, -0.25) is 4.79 Å². The molecule has 3 aromatic rings. The number of pyridine rings is 1. The molecule has 2 aromatic heterocycles. The second-order valence-corrected chi connectivity index (χ2v) is 8.19. The van der Waals surface area contributed by atoms with E-state index in [4.69, 9.17) is 0 Å². The van der Waals surface area contributed by atoms with Crippen LogP contribution in [0.5, 0.6) is 0 Å². The number of hydrogen-bond acceptors (Lipinski definition) is 3. The van der Waals surface area contributed by atoms with Gasteiger partial charge in [0.15, 0.2) is 0 Å². The highest BCUT2D eigenvalue weighted by molar-refractivity contribution is 5.94. The molecule has 5 nitrogen and oxygen atoms in total. The molecule has 1 saturated heterocycles. The first-order valence-electron chi connectivity index (χ1n) is 10.1. The molecule has 1 fully saturated rings. The number of nitrogens with zero attached hydrogens (tertiary/aromatic N) is 3. The van der Waals surface area contributed by atoms with Gasteiger partial charge < -0.3 is 14.6 Å². The van der Waals surface area contributed by atoms with Gasteiger partial charge in [-0.2, -0.15) is 0 Å². The second kappa shape index (κ2) is 8.15. The van der Waals surface area contributed by atoms with E-state index in [2.05, 4.69) is 29.0 Å². The number of aromatic nitrogens is 2. The molecular formula is C23H28N4O. The SMILES string of the molecule is CC(C)CN1CCC(CNC(=O)c2ccc3nc(-c4ccccc4)cn3c2)C1. The fraction of sp³-hybridized carbons (Fsp3) is 0.391. The Bertz CT molecular complexity index is 948. The van der Waals surface area contributed by atoms with Gasteiger partial charge in [-0.25, -0.2) is 4.98 Å². The van der Waals surface area contributed by atoms with Gasteiger partial charge in [0.25, 0.3) is 5.91 Å². The summed E-state index contributed by atoms with van der Waals surface area (Å²) in [5.74, 6) is 1.22. The van der Waals surface area contributed by atoms with Gasteiger partial charge in [0.05, 0.1) is 11.3 Å². The third-order valence-corrected chi connectivity index (χ3v) is 5.33. The van der Waals surface area contributed by atoms with Crippen molar-refractivity contribution in [3.8, 4) is 11.3 Å². The predicted molar refractivity (Wildman–Crippen MR) is 112 cm³/mol. The minimum atomic E-state index is -0.0147. The zero-order valence-electron chi connectivity index (χ0n) is 16.6. The Morgan fingerprint density at radius 2 is 2.00 bits per heavy atom. The van der Waals surface area contributed by atoms with Gasteiger partial charge in [0, 0.05) is 37.6 Å². The second-order valence-electron chi connectivity index (χ2n) is 8.19. The Morgan fingerprint density at radius 3 is 2.79 bits per heavy atom. The molecule has 0 saturated carbocycles. The van der Waals surface area contributed by atoms with Crippen LogP contribution < -0.4 is 5.32 Å². The van der Waals surface area contributed by atoms with Crippen LogP contribution in [0.2, 0.25) is 0 Å². The van der Waals surface area contributed by atoms with Crippen LogP contribution in [0, 0.1) is 11.8 Å². The molecule has 1 amide bonds. The molecule has 1 aliphatic rings. The molecule has 146 valence electrons. The Balaban J connectivity index is 1.39. The van der Waals surface area contributed by atoms with Crippen LogP contribution in [0.15, 0.2) is 54.9 Å². The summed E-state index contributed by atoms with van der Waals surface area (Å²) >= 11 is 0. The van der Waals surface area contributed by atoms with E-state index >= 15 is 0 Å². The van der Waals surface area contributed by atoms with Crippen LogP contribution in [0.1, 0.15) is 30.6 Å². The molecule has 1 aliphatic heterocycles. The minimum Gasteiger partial charge on any atom is -0.352 e. The van der Waals surface area contributed by atoms with E-state index in [1.807, 2.05) is 59.3 Å². The molecule has 1 unspecified atom stereocenters. The topological polar surface area (TPSA) is 49.6 Å². The largest absolute Gasteiger partial charge is 0.352 e. The van der Waals surface area contributed by atoms with Crippen molar-refractivity contribution in [3.63, 3.8) is 0 Å². The molecule has 1 N–H and O–H groups in total. The average Bonchev–Trinajstić information content (AvgIpc) is 3.32. The van der Waals surface area contributed by atoms with Crippen LogP contribution in [0.3, 0.4) is 0 Å². The van der Waals surface area contributed by atoms with E-state index in [-0.39, 0.29) is 5.91 Å². The molecule has 28 heavy (non-hydrogen) atoms. The van der Waals surface area contributed by atoms with E-state index in [1.54, 1.807) is 0 Å². The Labute approximate surface area is 166 Å². The van der Waals surface area contributed by atoms with Crippen LogP contribution in [0.25, 0.3) is 16.9 Å². The standard InChI is InChI=1S/C23H28N4O/c1-17(2)13-26-11-10-18(14-26)12-24-23(28)20-8-9-22-25-21(16-27(22)15-20)19-6-4-3-5-7-19/h3-9,15-18H,10-14H2,1-2H3,(H,24,28). The minimum absolute atomic E-state index is 0.0147. The summed E-state index contributed by atoms with van der Waals surface area (Å²) in [6.07, 6.45) is 5.00. The van der Waals surface area contributed by atoms with Crippen LogP contribution in [-0.4, -0.2) is 46.4 Å². The van der Waals surface area contributed by atoms with E-state index in [0.717, 1.165) is 49.5 Å². The average molecular weight is 377 g/mol. The van der Waals surface area contributed by atoms with Crippen LogP contribution in [-0.2, 0) is 0 Å². The van der Waals surface area contributed by atoms with Crippen molar-refractivity contribution in [1.29, 1.82) is 0 Å². The van der Waals surface area contributed by atoms with Gasteiger partial charge in [-0.05, 0) is 36.9 Å². The first kappa shape index (κ1) is 18.7. The number of fused-ring (bicyclic) bond motifs is 1. The molecular weight excluding hydrogens is 348 g/mol. The predicted octanol–water partition coefficient (Wildman–Crippen LogP) is 3.71.